The van der Waals surface area contributed by atoms with Gasteiger partial charge in [-0.2, -0.15) is 0 Å². The summed E-state index contributed by atoms with van der Waals surface area (Å²) in [6, 6.07) is 31.5. The van der Waals surface area contributed by atoms with E-state index in [1.54, 1.807) is 4.90 Å². The van der Waals surface area contributed by atoms with Crippen molar-refractivity contribution in [2.45, 2.75) is 30.8 Å². The first-order valence-electron chi connectivity index (χ1n) is 13.7. The number of fused-ring (bicyclic) bond motifs is 1. The number of carbonyl (C=O) groups excluding carboxylic acids is 1. The summed E-state index contributed by atoms with van der Waals surface area (Å²) >= 11 is 4.68. The molecule has 0 atom stereocenters. The fourth-order valence-electron chi connectivity index (χ4n) is 5.00. The monoisotopic (exact) mass is 562 g/mol. The number of hydrogen-bond donors (Lipinski definition) is 4. The van der Waals surface area contributed by atoms with Crippen LogP contribution in [0.2, 0.25) is 0 Å². The van der Waals surface area contributed by atoms with Crippen LogP contribution in [0.5, 0.6) is 0 Å². The van der Waals surface area contributed by atoms with E-state index in [0.29, 0.717) is 43.7 Å². The molecule has 1 aromatic heterocycles. The van der Waals surface area contributed by atoms with E-state index in [9.17, 15) is 4.79 Å². The molecule has 1 amide bonds. The van der Waals surface area contributed by atoms with Crippen LogP contribution >= 0.6 is 12.6 Å². The fourth-order valence-corrected chi connectivity index (χ4v) is 5.23. The molecule has 0 aliphatic carbocycles. The minimum absolute atomic E-state index is 0.0583. The first-order chi connectivity index (χ1) is 19.9. The molecule has 41 heavy (non-hydrogen) atoms. The quantitative estimate of drug-likeness (QED) is 0.103. The molecule has 0 saturated heterocycles. The highest BCUT2D eigenvalue weighted by molar-refractivity contribution is 7.80. The zero-order valence-electron chi connectivity index (χ0n) is 22.8. The molecule has 0 unspecified atom stereocenters. The number of aromatic nitrogens is 2. The Morgan fingerprint density at radius 3 is 2.29 bits per heavy atom. The van der Waals surface area contributed by atoms with Gasteiger partial charge >= 0.3 is 0 Å². The number of thiol groups is 1. The van der Waals surface area contributed by atoms with Gasteiger partial charge < -0.3 is 20.9 Å². The third-order valence-corrected chi connectivity index (χ3v) is 7.64. The third kappa shape index (κ3) is 6.67. The van der Waals surface area contributed by atoms with Crippen LogP contribution in [0.15, 0.2) is 102 Å². The van der Waals surface area contributed by atoms with E-state index in [2.05, 4.69) is 23.3 Å². The zero-order chi connectivity index (χ0) is 28.8. The molecule has 4 aromatic carbocycles. The minimum Gasteiger partial charge on any atom is -0.384 e. The van der Waals surface area contributed by atoms with E-state index in [4.69, 9.17) is 21.9 Å². The molecule has 8 heteroatoms. The summed E-state index contributed by atoms with van der Waals surface area (Å²) in [5.41, 5.74) is 17.8. The maximum atomic E-state index is 13.6. The molecule has 208 valence electrons. The zero-order valence-corrected chi connectivity index (χ0v) is 23.7. The fraction of sp³-hybridized carbons (Fsp3) is 0.182. The molecule has 5 aromatic rings. The van der Waals surface area contributed by atoms with E-state index in [0.717, 1.165) is 44.9 Å². The highest BCUT2D eigenvalue weighted by Crippen LogP contribution is 2.24. The average Bonchev–Trinajstić information content (AvgIpc) is 3.33. The number of imidazole rings is 1. The van der Waals surface area contributed by atoms with Crippen LogP contribution < -0.4 is 11.5 Å². The summed E-state index contributed by atoms with van der Waals surface area (Å²) in [5, 5.41) is 7.63. The number of amides is 1. The standard InChI is InChI=1S/C33H34N6OS/c34-18-19-38(21-24-6-2-1-3-7-24)33(40)26-15-16-29-28(20-26)37-31(39(29)22-27-8-4-5-9-30(27)41)17-12-23-10-13-25(14-11-23)32(35)36/h1-11,13-16,20,41H,12,17-19,21-22,34H2,(H3,35,36). The number of amidine groups is 1. The van der Waals surface area contributed by atoms with Gasteiger partial charge in [-0.25, -0.2) is 4.98 Å². The molecular formula is C33H34N6OS. The Bertz CT molecular complexity index is 1660. The van der Waals surface area contributed by atoms with Gasteiger partial charge in [-0.15, -0.1) is 12.6 Å². The number of hydrogen-bond acceptors (Lipinski definition) is 5. The van der Waals surface area contributed by atoms with Crippen molar-refractivity contribution in [3.8, 4) is 0 Å². The summed E-state index contributed by atoms with van der Waals surface area (Å²) < 4.78 is 2.21. The summed E-state index contributed by atoms with van der Waals surface area (Å²) in [7, 11) is 0. The molecule has 5 rings (SSSR count). The Morgan fingerprint density at radius 1 is 0.878 bits per heavy atom. The number of benzene rings is 4. The number of aryl methyl sites for hydroxylation is 2. The van der Waals surface area contributed by atoms with Crippen LogP contribution in [-0.2, 0) is 25.9 Å². The lowest BCUT2D eigenvalue weighted by molar-refractivity contribution is 0.0748. The molecule has 0 bridgehead atoms. The highest BCUT2D eigenvalue weighted by Gasteiger charge is 2.19. The number of carbonyl (C=O) groups is 1. The summed E-state index contributed by atoms with van der Waals surface area (Å²) in [4.78, 5) is 21.3. The number of rotatable bonds is 11. The van der Waals surface area contributed by atoms with Crippen molar-refractivity contribution >= 4 is 35.4 Å². The van der Waals surface area contributed by atoms with Crippen LogP contribution in [0.1, 0.15) is 38.4 Å². The van der Waals surface area contributed by atoms with Gasteiger partial charge in [-0.1, -0.05) is 72.8 Å². The lowest BCUT2D eigenvalue weighted by Crippen LogP contribution is -2.34. The molecule has 0 fully saturated rings. The van der Waals surface area contributed by atoms with Crippen LogP contribution in [0.3, 0.4) is 0 Å². The minimum atomic E-state index is -0.0661. The lowest BCUT2D eigenvalue weighted by atomic mass is 10.1. The highest BCUT2D eigenvalue weighted by atomic mass is 32.1. The Labute approximate surface area is 245 Å². The second-order valence-electron chi connectivity index (χ2n) is 10.1. The van der Waals surface area contributed by atoms with Crippen LogP contribution in [0, 0.1) is 5.41 Å². The van der Waals surface area contributed by atoms with Crippen molar-refractivity contribution in [2.24, 2.45) is 11.5 Å². The normalized spacial score (nSPS) is 11.1. The summed E-state index contributed by atoms with van der Waals surface area (Å²) in [6.45, 7) is 1.97. The van der Waals surface area contributed by atoms with Gasteiger partial charge in [0.1, 0.15) is 11.7 Å². The number of nitrogens with two attached hydrogens (primary N) is 2. The smallest absolute Gasteiger partial charge is 0.254 e. The van der Waals surface area contributed by atoms with Gasteiger partial charge in [0.2, 0.25) is 0 Å². The maximum absolute atomic E-state index is 13.6. The Kier molecular flexibility index (Phi) is 8.82. The summed E-state index contributed by atoms with van der Waals surface area (Å²) in [6.07, 6.45) is 1.48. The largest absolute Gasteiger partial charge is 0.384 e. The molecule has 0 aliphatic rings. The third-order valence-electron chi connectivity index (χ3n) is 7.20. The van der Waals surface area contributed by atoms with Gasteiger partial charge in [0.05, 0.1) is 17.6 Å². The van der Waals surface area contributed by atoms with Crippen molar-refractivity contribution in [3.63, 3.8) is 0 Å². The topological polar surface area (TPSA) is 114 Å². The molecule has 5 N–H and O–H groups in total. The summed E-state index contributed by atoms with van der Waals surface area (Å²) in [5.74, 6) is 0.923. The first kappa shape index (κ1) is 28.1. The second kappa shape index (κ2) is 12.8. The number of nitrogens with one attached hydrogen (secondary N) is 1. The average molecular weight is 563 g/mol. The van der Waals surface area contributed by atoms with Gasteiger partial charge in [0, 0.05) is 42.1 Å². The van der Waals surface area contributed by atoms with Gasteiger partial charge in [0.15, 0.2) is 0 Å². The molecule has 0 aliphatic heterocycles. The predicted octanol–water partition coefficient (Wildman–Crippen LogP) is 5.04. The van der Waals surface area contributed by atoms with Gasteiger partial charge in [0.25, 0.3) is 5.91 Å². The van der Waals surface area contributed by atoms with E-state index >= 15 is 0 Å². The first-order valence-corrected chi connectivity index (χ1v) is 14.1. The molecule has 0 saturated carbocycles. The maximum Gasteiger partial charge on any atom is 0.254 e. The van der Waals surface area contributed by atoms with Crippen LogP contribution in [0.4, 0.5) is 0 Å². The Balaban J connectivity index is 1.46. The van der Waals surface area contributed by atoms with Crippen molar-refractivity contribution in [1.82, 2.24) is 14.5 Å². The van der Waals surface area contributed by atoms with Crippen molar-refractivity contribution in [3.05, 3.63) is 131 Å². The SMILES string of the molecule is N=C(N)c1ccc(CCc2nc3cc(C(=O)N(CCN)Cc4ccccc4)ccc3n2Cc2ccccc2S)cc1. The Morgan fingerprint density at radius 2 is 1.59 bits per heavy atom. The Hall–Kier alpha value is -4.40. The van der Waals surface area contributed by atoms with Gasteiger partial charge in [-0.05, 0) is 47.4 Å². The van der Waals surface area contributed by atoms with E-state index in [1.807, 2.05) is 91.0 Å². The molecule has 0 radical (unpaired) electrons. The van der Waals surface area contributed by atoms with E-state index in [-0.39, 0.29) is 11.7 Å². The van der Waals surface area contributed by atoms with Crippen molar-refractivity contribution in [2.75, 3.05) is 13.1 Å². The van der Waals surface area contributed by atoms with Crippen LogP contribution in [0.25, 0.3) is 11.0 Å². The molecule has 7 nitrogen and oxygen atoms in total. The van der Waals surface area contributed by atoms with E-state index in [1.165, 1.54) is 0 Å². The number of nitrogen functional groups attached to an aromatic ring is 1. The van der Waals surface area contributed by atoms with Crippen LogP contribution in [-0.4, -0.2) is 39.3 Å². The molecular weight excluding hydrogens is 528 g/mol. The number of nitrogens with zero attached hydrogens (tertiary/aromatic N) is 3. The van der Waals surface area contributed by atoms with Gasteiger partial charge in [-0.3, -0.25) is 10.2 Å². The van der Waals surface area contributed by atoms with E-state index < -0.39 is 0 Å². The second-order valence-corrected chi connectivity index (χ2v) is 10.5. The lowest BCUT2D eigenvalue weighted by Gasteiger charge is -2.22. The van der Waals surface area contributed by atoms with Crippen molar-refractivity contribution in [1.29, 1.82) is 5.41 Å². The molecule has 1 heterocycles. The van der Waals surface area contributed by atoms with Crippen molar-refractivity contribution < 1.29 is 4.79 Å². The molecule has 0 spiro atoms. The predicted molar refractivity (Wildman–Crippen MR) is 168 cm³/mol.